The van der Waals surface area contributed by atoms with Crippen LogP contribution in [0, 0.1) is 6.92 Å². The number of sulfonamides is 1. The van der Waals surface area contributed by atoms with E-state index in [2.05, 4.69) is 9.82 Å². The lowest BCUT2D eigenvalue weighted by atomic mass is 9.93. The predicted octanol–water partition coefficient (Wildman–Crippen LogP) is 9.07. The summed E-state index contributed by atoms with van der Waals surface area (Å²) in [6.45, 7) is 4.04. The predicted molar refractivity (Wildman–Crippen MR) is 234 cm³/mol. The van der Waals surface area contributed by atoms with Gasteiger partial charge in [0, 0.05) is 35.6 Å². The molecule has 16 heteroatoms. The van der Waals surface area contributed by atoms with E-state index in [9.17, 15) is 27.9 Å². The minimum absolute atomic E-state index is 0.0460. The Morgan fingerprint density at radius 3 is 2.38 bits per heavy atom. The van der Waals surface area contributed by atoms with E-state index in [0.29, 0.717) is 50.9 Å². The van der Waals surface area contributed by atoms with Crippen LogP contribution in [0.25, 0.3) is 16.5 Å². The SMILES string of the molecule is CCCCN(Cc1ccc(Cl)c(Cl)c1)C(=O)c1nn(-c2ccc(C(=O)NS(=O)(=O)c3ccc4cccc(Cl)c4c3)cc2C(=O)N2Cc3ccccc3CC2CO)c(C)c1Cl. The fraction of sp³-hybridized carbons (Fsp3) is 0.227. The molecule has 11 nitrogen and oxygen atoms in total. The van der Waals surface area contributed by atoms with Gasteiger partial charge in [-0.1, -0.05) is 108 Å². The normalized spacial score (nSPS) is 13.9. The van der Waals surface area contributed by atoms with E-state index in [4.69, 9.17) is 46.4 Å². The number of fused-ring (bicyclic) bond motifs is 2. The van der Waals surface area contributed by atoms with Crippen LogP contribution in [-0.2, 0) is 29.5 Å². The van der Waals surface area contributed by atoms with Crippen LogP contribution in [0.1, 0.15) is 73.4 Å². The van der Waals surface area contributed by atoms with Crippen molar-refractivity contribution in [1.29, 1.82) is 0 Å². The number of aliphatic hydroxyl groups excluding tert-OH is 1. The van der Waals surface area contributed by atoms with Gasteiger partial charge in [0.1, 0.15) is 0 Å². The number of carbonyl (C=O) groups is 3. The van der Waals surface area contributed by atoms with E-state index in [1.165, 1.54) is 39.9 Å². The molecule has 1 aliphatic heterocycles. The first-order valence-electron chi connectivity index (χ1n) is 19.1. The standard InChI is InChI=1S/C44H39Cl4N5O6S/c1-3-4-18-51(23-27-12-16-37(46)38(47)19-27)44(57)41-40(48)26(2)53(49-41)39-17-14-30(21-35(39)43(56)52-24-31-9-6-5-8-29(31)20-32(52)25-54)42(55)50-60(58,59)33-15-13-28-10-7-11-36(45)34(28)22-33/h5-17,19,21-22,32,54H,3-4,18,20,23-25H2,1-2H3,(H,50,55). The number of aromatic nitrogens is 2. The maximum absolute atomic E-state index is 14.8. The van der Waals surface area contributed by atoms with Crippen LogP contribution in [0.15, 0.2) is 102 Å². The number of nitrogens with one attached hydrogen (secondary N) is 1. The molecule has 1 aromatic heterocycles. The number of hydrogen-bond acceptors (Lipinski definition) is 7. The zero-order valence-electron chi connectivity index (χ0n) is 32.5. The van der Waals surface area contributed by atoms with E-state index in [-0.39, 0.29) is 52.1 Å². The zero-order valence-corrected chi connectivity index (χ0v) is 36.3. The summed E-state index contributed by atoms with van der Waals surface area (Å²) < 4.78 is 30.7. The Hall–Kier alpha value is -4.95. The van der Waals surface area contributed by atoms with Gasteiger partial charge in [0.2, 0.25) is 0 Å². The largest absolute Gasteiger partial charge is 0.394 e. The molecule has 0 fully saturated rings. The molecule has 1 aliphatic rings. The van der Waals surface area contributed by atoms with Gasteiger partial charge in [0.05, 0.1) is 49.6 Å². The van der Waals surface area contributed by atoms with Crippen molar-refractivity contribution in [2.75, 3.05) is 13.2 Å². The molecule has 1 unspecified atom stereocenters. The fourth-order valence-electron chi connectivity index (χ4n) is 7.26. The molecule has 2 N–H and O–H groups in total. The van der Waals surface area contributed by atoms with E-state index in [0.717, 1.165) is 23.1 Å². The minimum Gasteiger partial charge on any atom is -0.394 e. The monoisotopic (exact) mass is 905 g/mol. The Balaban J connectivity index is 1.28. The van der Waals surface area contributed by atoms with E-state index in [1.807, 2.05) is 31.2 Å². The molecular weight excluding hydrogens is 868 g/mol. The Kier molecular flexibility index (Phi) is 12.9. The highest BCUT2D eigenvalue weighted by Gasteiger charge is 2.34. The summed E-state index contributed by atoms with van der Waals surface area (Å²) in [5, 5.41) is 17.5. The minimum atomic E-state index is -4.42. The maximum Gasteiger partial charge on any atom is 0.276 e. The molecule has 2 heterocycles. The third-order valence-corrected chi connectivity index (χ3v) is 13.4. The van der Waals surface area contributed by atoms with Gasteiger partial charge >= 0.3 is 0 Å². The molecule has 0 saturated heterocycles. The van der Waals surface area contributed by atoms with Crippen LogP contribution >= 0.6 is 46.4 Å². The van der Waals surface area contributed by atoms with Crippen molar-refractivity contribution in [2.24, 2.45) is 0 Å². The first kappa shape index (κ1) is 43.1. The van der Waals surface area contributed by atoms with Gasteiger partial charge in [-0.15, -0.1) is 0 Å². The zero-order chi connectivity index (χ0) is 42.9. The lowest BCUT2D eigenvalue weighted by Gasteiger charge is -2.36. The molecule has 0 saturated carbocycles. The number of aliphatic hydroxyl groups is 1. The van der Waals surface area contributed by atoms with Crippen molar-refractivity contribution in [1.82, 2.24) is 24.3 Å². The summed E-state index contributed by atoms with van der Waals surface area (Å²) in [7, 11) is -4.42. The average molecular weight is 908 g/mol. The summed E-state index contributed by atoms with van der Waals surface area (Å²) in [4.78, 5) is 45.8. The van der Waals surface area contributed by atoms with E-state index in [1.54, 1.807) is 54.3 Å². The van der Waals surface area contributed by atoms with Gasteiger partial charge in [-0.2, -0.15) is 5.10 Å². The lowest BCUT2D eigenvalue weighted by molar-refractivity contribution is 0.0544. The quantitative estimate of drug-likeness (QED) is 0.125. The van der Waals surface area contributed by atoms with Crippen molar-refractivity contribution in [3.63, 3.8) is 0 Å². The Bertz CT molecular complexity index is 2780. The molecule has 310 valence electrons. The molecule has 0 aliphatic carbocycles. The van der Waals surface area contributed by atoms with Gasteiger partial charge in [-0.25, -0.2) is 17.8 Å². The average Bonchev–Trinajstić information content (AvgIpc) is 3.54. The summed E-state index contributed by atoms with van der Waals surface area (Å²) >= 11 is 25.7. The number of halogens is 4. The molecule has 60 heavy (non-hydrogen) atoms. The van der Waals surface area contributed by atoms with Crippen molar-refractivity contribution >= 4 is 84.9 Å². The molecule has 0 radical (unpaired) electrons. The number of rotatable bonds is 12. The van der Waals surface area contributed by atoms with Crippen molar-refractivity contribution in [3.05, 3.63) is 156 Å². The number of amides is 3. The Morgan fingerprint density at radius 1 is 0.883 bits per heavy atom. The summed E-state index contributed by atoms with van der Waals surface area (Å²) in [5.74, 6) is -2.03. The third-order valence-electron chi connectivity index (χ3n) is 10.6. The molecule has 7 rings (SSSR count). The van der Waals surface area contributed by atoms with Crippen LogP contribution in [0.2, 0.25) is 20.1 Å². The molecule has 5 aromatic carbocycles. The molecule has 6 aromatic rings. The highest BCUT2D eigenvalue weighted by atomic mass is 35.5. The molecule has 1 atom stereocenters. The maximum atomic E-state index is 14.8. The summed E-state index contributed by atoms with van der Waals surface area (Å²) in [6.07, 6.45) is 1.88. The second-order valence-electron chi connectivity index (χ2n) is 14.5. The smallest absolute Gasteiger partial charge is 0.276 e. The van der Waals surface area contributed by atoms with Crippen molar-refractivity contribution in [3.8, 4) is 5.69 Å². The van der Waals surface area contributed by atoms with Gasteiger partial charge < -0.3 is 14.9 Å². The number of carbonyl (C=O) groups excluding carboxylic acids is 3. The van der Waals surface area contributed by atoms with Crippen LogP contribution in [-0.4, -0.2) is 70.0 Å². The summed E-state index contributed by atoms with van der Waals surface area (Å²) in [6, 6.07) is 25.7. The fourth-order valence-corrected chi connectivity index (χ4v) is 9.02. The van der Waals surface area contributed by atoms with Gasteiger partial charge in [-0.3, -0.25) is 14.4 Å². The number of unbranched alkanes of at least 4 members (excludes halogenated alkanes) is 1. The van der Waals surface area contributed by atoms with Gasteiger partial charge in [0.15, 0.2) is 5.69 Å². The highest BCUT2D eigenvalue weighted by molar-refractivity contribution is 7.90. The lowest BCUT2D eigenvalue weighted by Crippen LogP contribution is -2.46. The topological polar surface area (TPSA) is 142 Å². The Labute approximate surface area is 367 Å². The van der Waals surface area contributed by atoms with Crippen LogP contribution < -0.4 is 4.72 Å². The second kappa shape index (κ2) is 18.0. The van der Waals surface area contributed by atoms with Crippen LogP contribution in [0.3, 0.4) is 0 Å². The van der Waals surface area contributed by atoms with Crippen LogP contribution in [0.5, 0.6) is 0 Å². The Morgan fingerprint density at radius 2 is 1.65 bits per heavy atom. The number of hydrogen-bond donors (Lipinski definition) is 2. The third kappa shape index (κ3) is 8.77. The van der Waals surface area contributed by atoms with E-state index >= 15 is 0 Å². The highest BCUT2D eigenvalue weighted by Crippen LogP contribution is 2.32. The van der Waals surface area contributed by atoms with Crippen molar-refractivity contribution < 1.29 is 27.9 Å². The number of benzene rings is 5. The molecular formula is C44H39Cl4N5O6S. The number of nitrogens with zero attached hydrogens (tertiary/aromatic N) is 4. The first-order valence-corrected chi connectivity index (χ1v) is 22.1. The van der Waals surface area contributed by atoms with E-state index < -0.39 is 33.8 Å². The second-order valence-corrected chi connectivity index (χ2v) is 17.8. The van der Waals surface area contributed by atoms with Crippen LogP contribution in [0.4, 0.5) is 0 Å². The molecule has 3 amide bonds. The first-order chi connectivity index (χ1) is 28.7. The molecule has 0 spiro atoms. The van der Waals surface area contributed by atoms with Gasteiger partial charge in [0.25, 0.3) is 27.7 Å². The van der Waals surface area contributed by atoms with Crippen molar-refractivity contribution in [2.45, 2.75) is 57.1 Å². The summed E-state index contributed by atoms with van der Waals surface area (Å²) in [5.41, 5.74) is 2.85. The molecule has 0 bridgehead atoms. The van der Waals surface area contributed by atoms with Gasteiger partial charge in [-0.05, 0) is 90.4 Å².